The minimum absolute atomic E-state index is 0.00657. The smallest absolute Gasteiger partial charge is 0.240 e. The fourth-order valence-corrected chi connectivity index (χ4v) is 3.32. The minimum atomic E-state index is 0.00657. The zero-order valence-electron chi connectivity index (χ0n) is 10.5. The molecule has 4 heteroatoms. The molecule has 1 atom stereocenters. The van der Waals surface area contributed by atoms with Gasteiger partial charge in [-0.15, -0.1) is 11.8 Å². The van der Waals surface area contributed by atoms with Crippen LogP contribution in [0.25, 0.3) is 0 Å². The van der Waals surface area contributed by atoms with Gasteiger partial charge in [-0.2, -0.15) is 0 Å². The number of carbonyl (C=O) groups is 1. The number of amides is 1. The van der Waals surface area contributed by atoms with Gasteiger partial charge in [0.15, 0.2) is 0 Å². The molecule has 17 heavy (non-hydrogen) atoms. The van der Waals surface area contributed by atoms with Crippen molar-refractivity contribution in [3.05, 3.63) is 23.3 Å². The number of benzene rings is 1. The van der Waals surface area contributed by atoms with Gasteiger partial charge in [0.25, 0.3) is 0 Å². The van der Waals surface area contributed by atoms with E-state index >= 15 is 0 Å². The van der Waals surface area contributed by atoms with Crippen molar-refractivity contribution in [3.8, 4) is 0 Å². The van der Waals surface area contributed by atoms with E-state index in [9.17, 15) is 4.79 Å². The van der Waals surface area contributed by atoms with Crippen LogP contribution in [0.5, 0.6) is 0 Å². The Morgan fingerprint density at radius 1 is 1.53 bits per heavy atom. The van der Waals surface area contributed by atoms with Crippen molar-refractivity contribution < 1.29 is 4.79 Å². The van der Waals surface area contributed by atoms with Crippen molar-refractivity contribution in [2.45, 2.75) is 30.9 Å². The third-order valence-electron chi connectivity index (χ3n) is 3.18. The summed E-state index contributed by atoms with van der Waals surface area (Å²) in [5, 5.41) is 0.417. The molecule has 0 radical (unpaired) electrons. The van der Waals surface area contributed by atoms with Crippen molar-refractivity contribution in [1.82, 2.24) is 0 Å². The van der Waals surface area contributed by atoms with Crippen LogP contribution in [0.15, 0.2) is 17.0 Å². The van der Waals surface area contributed by atoms with Crippen LogP contribution >= 0.6 is 11.8 Å². The van der Waals surface area contributed by atoms with E-state index < -0.39 is 0 Å². The van der Waals surface area contributed by atoms with Gasteiger partial charge in [-0.25, -0.2) is 0 Å². The lowest BCUT2D eigenvalue weighted by molar-refractivity contribution is -0.117. The largest absolute Gasteiger partial charge is 0.322 e. The van der Waals surface area contributed by atoms with Crippen LogP contribution in [-0.2, 0) is 4.79 Å². The molecule has 0 bridgehead atoms. The summed E-state index contributed by atoms with van der Waals surface area (Å²) in [5.74, 6) is 0.00657. The lowest BCUT2D eigenvalue weighted by atomic mass is 10.1. The van der Waals surface area contributed by atoms with E-state index in [0.29, 0.717) is 5.25 Å². The Labute approximate surface area is 106 Å². The summed E-state index contributed by atoms with van der Waals surface area (Å²) >= 11 is 1.83. The zero-order valence-corrected chi connectivity index (χ0v) is 11.3. The number of hydrogen-bond donors (Lipinski definition) is 1. The molecule has 0 aromatic heterocycles. The molecule has 1 aliphatic heterocycles. The Bertz CT molecular complexity index is 459. The molecule has 0 saturated carbocycles. The van der Waals surface area contributed by atoms with Crippen LogP contribution in [0, 0.1) is 13.8 Å². The summed E-state index contributed by atoms with van der Waals surface area (Å²) in [5.41, 5.74) is 8.95. The second kappa shape index (κ2) is 4.70. The first-order valence-corrected chi connectivity index (χ1v) is 6.70. The van der Waals surface area contributed by atoms with Gasteiger partial charge in [-0.1, -0.05) is 13.0 Å². The Morgan fingerprint density at radius 3 is 2.88 bits per heavy atom. The average molecular weight is 250 g/mol. The van der Waals surface area contributed by atoms with E-state index in [1.807, 2.05) is 16.7 Å². The van der Waals surface area contributed by atoms with E-state index in [-0.39, 0.29) is 12.5 Å². The number of fused-ring (bicyclic) bond motifs is 1. The molecule has 0 saturated heterocycles. The lowest BCUT2D eigenvalue weighted by Crippen LogP contribution is -2.42. The van der Waals surface area contributed by atoms with E-state index in [1.165, 1.54) is 16.0 Å². The number of nitrogens with zero attached hydrogens (tertiary/aromatic N) is 1. The maximum absolute atomic E-state index is 11.9. The molecular weight excluding hydrogens is 232 g/mol. The normalized spacial score (nSPS) is 19.1. The first-order valence-electron chi connectivity index (χ1n) is 5.82. The quantitative estimate of drug-likeness (QED) is 0.830. The van der Waals surface area contributed by atoms with E-state index in [0.717, 1.165) is 12.2 Å². The van der Waals surface area contributed by atoms with E-state index in [4.69, 9.17) is 5.73 Å². The minimum Gasteiger partial charge on any atom is -0.322 e. The Hall–Kier alpha value is -1.000. The first-order chi connectivity index (χ1) is 8.04. The van der Waals surface area contributed by atoms with Gasteiger partial charge in [0.1, 0.15) is 0 Å². The summed E-state index contributed by atoms with van der Waals surface area (Å²) < 4.78 is 0. The van der Waals surface area contributed by atoms with E-state index in [2.05, 4.69) is 32.9 Å². The summed E-state index contributed by atoms with van der Waals surface area (Å²) in [4.78, 5) is 15.0. The average Bonchev–Trinajstić information content (AvgIpc) is 2.32. The number of anilines is 1. The molecule has 2 rings (SSSR count). The number of hydrogen-bond acceptors (Lipinski definition) is 3. The van der Waals surface area contributed by atoms with Crippen molar-refractivity contribution in [2.75, 3.05) is 18.0 Å². The van der Waals surface area contributed by atoms with Crippen LogP contribution in [0.4, 0.5) is 5.69 Å². The summed E-state index contributed by atoms with van der Waals surface area (Å²) in [6, 6.07) is 4.22. The Balaban J connectivity index is 2.54. The summed E-state index contributed by atoms with van der Waals surface area (Å²) in [7, 11) is 0. The predicted octanol–water partition coefficient (Wildman–Crippen LogP) is 2.09. The topological polar surface area (TPSA) is 46.3 Å². The number of aryl methyl sites for hydroxylation is 1. The van der Waals surface area contributed by atoms with Gasteiger partial charge in [-0.05, 0) is 31.0 Å². The molecule has 1 aromatic rings. The van der Waals surface area contributed by atoms with Crippen molar-refractivity contribution >= 4 is 23.4 Å². The van der Waals surface area contributed by atoms with Crippen LogP contribution < -0.4 is 10.6 Å². The van der Waals surface area contributed by atoms with Gasteiger partial charge < -0.3 is 10.6 Å². The van der Waals surface area contributed by atoms with Crippen LogP contribution in [0.1, 0.15) is 18.1 Å². The van der Waals surface area contributed by atoms with Crippen molar-refractivity contribution in [1.29, 1.82) is 0 Å². The van der Waals surface area contributed by atoms with Crippen LogP contribution in [0.2, 0.25) is 0 Å². The monoisotopic (exact) mass is 250 g/mol. The maximum atomic E-state index is 11.9. The Morgan fingerprint density at radius 2 is 2.24 bits per heavy atom. The summed E-state index contributed by atoms with van der Waals surface area (Å²) in [6.07, 6.45) is 0. The number of rotatable bonds is 1. The molecule has 0 fully saturated rings. The fraction of sp³-hybridized carbons (Fsp3) is 0.462. The van der Waals surface area contributed by atoms with Crippen molar-refractivity contribution in [3.63, 3.8) is 0 Å². The molecule has 1 aliphatic rings. The van der Waals surface area contributed by atoms with Gasteiger partial charge in [-0.3, -0.25) is 4.79 Å². The molecule has 1 amide bonds. The number of nitrogens with two attached hydrogens (primary N) is 1. The molecule has 3 nitrogen and oxygen atoms in total. The Kier molecular flexibility index (Phi) is 3.45. The molecule has 0 spiro atoms. The zero-order chi connectivity index (χ0) is 12.6. The molecular formula is C13H18N2OS. The number of carbonyl (C=O) groups excluding carboxylic acids is 1. The third kappa shape index (κ3) is 2.19. The SMILES string of the molecule is Cc1ccc2c(c1C)N(C(=O)CN)CC(C)S2. The highest BCUT2D eigenvalue weighted by Gasteiger charge is 2.27. The molecule has 2 N–H and O–H groups in total. The van der Waals surface area contributed by atoms with Gasteiger partial charge >= 0.3 is 0 Å². The van der Waals surface area contributed by atoms with Crippen LogP contribution in [0.3, 0.4) is 0 Å². The standard InChI is InChI=1S/C13H18N2OS/c1-8-4-5-11-13(10(8)3)15(12(16)6-14)7-9(2)17-11/h4-5,9H,6-7,14H2,1-3H3. The van der Waals surface area contributed by atoms with Gasteiger partial charge in [0, 0.05) is 16.7 Å². The predicted molar refractivity (Wildman–Crippen MR) is 72.6 cm³/mol. The molecule has 1 aromatic carbocycles. The second-order valence-corrected chi connectivity index (χ2v) is 5.97. The molecule has 1 unspecified atom stereocenters. The highest BCUT2D eigenvalue weighted by molar-refractivity contribution is 8.00. The van der Waals surface area contributed by atoms with Gasteiger partial charge in [0.05, 0.1) is 12.2 Å². The maximum Gasteiger partial charge on any atom is 0.240 e. The molecule has 1 heterocycles. The number of thioether (sulfide) groups is 1. The third-order valence-corrected chi connectivity index (χ3v) is 4.31. The van der Waals surface area contributed by atoms with Crippen molar-refractivity contribution in [2.24, 2.45) is 5.73 Å². The summed E-state index contributed by atoms with van der Waals surface area (Å²) in [6.45, 7) is 7.10. The second-order valence-electron chi connectivity index (χ2n) is 4.49. The molecule has 92 valence electrons. The van der Waals surface area contributed by atoms with E-state index in [1.54, 1.807) is 0 Å². The highest BCUT2D eigenvalue weighted by atomic mass is 32.2. The van der Waals surface area contributed by atoms with Gasteiger partial charge in [0.2, 0.25) is 5.91 Å². The fourth-order valence-electron chi connectivity index (χ4n) is 2.15. The molecule has 0 aliphatic carbocycles. The highest BCUT2D eigenvalue weighted by Crippen LogP contribution is 2.41. The lowest BCUT2D eigenvalue weighted by Gasteiger charge is -2.34. The first kappa shape index (κ1) is 12.5. The van der Waals surface area contributed by atoms with Crippen LogP contribution in [-0.4, -0.2) is 24.2 Å².